The van der Waals surface area contributed by atoms with Gasteiger partial charge in [0.25, 0.3) is 11.2 Å². The maximum absolute atomic E-state index is 12.5. The first-order valence-corrected chi connectivity index (χ1v) is 8.39. The lowest BCUT2D eigenvalue weighted by Crippen LogP contribution is -2.28. The van der Waals surface area contributed by atoms with Gasteiger partial charge in [-0.2, -0.15) is 0 Å². The molecule has 1 heterocycles. The van der Waals surface area contributed by atoms with E-state index in [0.29, 0.717) is 5.69 Å². The third-order valence-electron chi connectivity index (χ3n) is 4.19. The van der Waals surface area contributed by atoms with Gasteiger partial charge in [0.1, 0.15) is 6.54 Å². The van der Waals surface area contributed by atoms with E-state index in [1.54, 1.807) is 0 Å². The van der Waals surface area contributed by atoms with Gasteiger partial charge < -0.3 is 5.32 Å². The molecule has 0 unspecified atom stereocenters. The van der Waals surface area contributed by atoms with Crippen LogP contribution in [0.2, 0.25) is 0 Å². The summed E-state index contributed by atoms with van der Waals surface area (Å²) in [6.45, 7) is 3.86. The molecule has 27 heavy (non-hydrogen) atoms. The number of fused-ring (bicyclic) bond motifs is 1. The van der Waals surface area contributed by atoms with E-state index in [1.165, 1.54) is 29.1 Å². The second-order valence-corrected chi connectivity index (χ2v) is 6.43. The number of non-ortho nitro benzene ring substituents is 1. The lowest BCUT2D eigenvalue weighted by molar-refractivity contribution is -0.384. The molecular formula is C19H18N4O4. The highest BCUT2D eigenvalue weighted by Gasteiger charge is 2.13. The molecule has 0 fully saturated rings. The average molecular weight is 366 g/mol. The smallest absolute Gasteiger partial charge is 0.271 e. The number of carbonyl (C=O) groups excluding carboxylic acids is 1. The summed E-state index contributed by atoms with van der Waals surface area (Å²) in [6, 6.07) is 11.3. The Hall–Kier alpha value is -3.55. The Kier molecular flexibility index (Phi) is 4.98. The van der Waals surface area contributed by atoms with Crippen LogP contribution in [0, 0.1) is 10.1 Å². The highest BCUT2D eigenvalue weighted by atomic mass is 16.6. The lowest BCUT2D eigenvalue weighted by atomic mass is 10.0. The molecule has 138 valence electrons. The van der Waals surface area contributed by atoms with Crippen LogP contribution < -0.4 is 10.9 Å². The summed E-state index contributed by atoms with van der Waals surface area (Å²) < 4.78 is 1.18. The Labute approximate surface area is 154 Å². The van der Waals surface area contributed by atoms with Crippen molar-refractivity contribution < 1.29 is 9.72 Å². The number of amides is 1. The highest BCUT2D eigenvalue weighted by Crippen LogP contribution is 2.23. The molecule has 0 spiro atoms. The minimum absolute atomic E-state index is 0.143. The molecule has 8 nitrogen and oxygen atoms in total. The number of anilines is 1. The van der Waals surface area contributed by atoms with Gasteiger partial charge in [0.15, 0.2) is 0 Å². The van der Waals surface area contributed by atoms with Crippen LogP contribution in [0.25, 0.3) is 10.9 Å². The molecule has 1 N–H and O–H groups in total. The summed E-state index contributed by atoms with van der Waals surface area (Å²) in [5, 5.41) is 13.9. The second-order valence-electron chi connectivity index (χ2n) is 6.43. The van der Waals surface area contributed by atoms with Gasteiger partial charge >= 0.3 is 0 Å². The van der Waals surface area contributed by atoms with Crippen LogP contribution in [0.1, 0.15) is 25.3 Å². The van der Waals surface area contributed by atoms with Crippen LogP contribution in [0.3, 0.4) is 0 Å². The number of benzene rings is 2. The summed E-state index contributed by atoms with van der Waals surface area (Å²) in [7, 11) is 0. The monoisotopic (exact) mass is 366 g/mol. The number of nitro benzene ring substituents is 1. The first-order chi connectivity index (χ1) is 12.9. The number of nitrogens with one attached hydrogen (secondary N) is 1. The molecule has 3 aromatic rings. The van der Waals surface area contributed by atoms with Crippen LogP contribution in [0.4, 0.5) is 11.4 Å². The molecule has 2 aromatic carbocycles. The molecule has 1 amide bonds. The normalized spacial score (nSPS) is 10.9. The van der Waals surface area contributed by atoms with Crippen LogP contribution >= 0.6 is 0 Å². The Balaban J connectivity index is 1.85. The number of carbonyl (C=O) groups is 1. The maximum Gasteiger partial charge on any atom is 0.271 e. The van der Waals surface area contributed by atoms with Crippen molar-refractivity contribution in [1.29, 1.82) is 0 Å². The van der Waals surface area contributed by atoms with Crippen molar-refractivity contribution in [2.24, 2.45) is 0 Å². The molecule has 3 rings (SSSR count). The predicted octanol–water partition coefficient (Wildman–Crippen LogP) is 3.07. The van der Waals surface area contributed by atoms with Crippen molar-refractivity contribution in [3.05, 3.63) is 74.8 Å². The molecule has 0 radical (unpaired) electrons. The highest BCUT2D eigenvalue weighted by molar-refractivity contribution is 5.91. The van der Waals surface area contributed by atoms with E-state index in [9.17, 15) is 19.7 Å². The van der Waals surface area contributed by atoms with Crippen molar-refractivity contribution in [2.75, 3.05) is 5.32 Å². The van der Waals surface area contributed by atoms with Gasteiger partial charge in [-0.3, -0.25) is 24.3 Å². The topological polar surface area (TPSA) is 107 Å². The van der Waals surface area contributed by atoms with Gasteiger partial charge in [0.05, 0.1) is 22.2 Å². The van der Waals surface area contributed by atoms with Crippen LogP contribution in [0.5, 0.6) is 0 Å². The number of hydrogen-bond acceptors (Lipinski definition) is 5. The van der Waals surface area contributed by atoms with E-state index in [4.69, 9.17) is 0 Å². The van der Waals surface area contributed by atoms with Crippen molar-refractivity contribution in [1.82, 2.24) is 9.55 Å². The van der Waals surface area contributed by atoms with Crippen molar-refractivity contribution in [3.63, 3.8) is 0 Å². The van der Waals surface area contributed by atoms with Crippen molar-refractivity contribution in [2.45, 2.75) is 26.3 Å². The van der Waals surface area contributed by atoms with E-state index >= 15 is 0 Å². The summed E-state index contributed by atoms with van der Waals surface area (Å²) in [4.78, 5) is 39.3. The third kappa shape index (κ3) is 3.84. The number of nitro groups is 1. The molecular weight excluding hydrogens is 348 g/mol. The number of nitrogens with zero attached hydrogens (tertiary/aromatic N) is 3. The summed E-state index contributed by atoms with van der Waals surface area (Å²) in [5.41, 5.74) is 1.35. The molecule has 1 aromatic heterocycles. The van der Waals surface area contributed by atoms with Gasteiger partial charge in [-0.05, 0) is 23.6 Å². The fourth-order valence-electron chi connectivity index (χ4n) is 2.83. The Bertz CT molecular complexity index is 1090. The molecule has 0 bridgehead atoms. The molecule has 0 saturated carbocycles. The van der Waals surface area contributed by atoms with Crippen molar-refractivity contribution in [3.8, 4) is 0 Å². The largest absolute Gasteiger partial charge is 0.324 e. The van der Waals surface area contributed by atoms with E-state index in [-0.39, 0.29) is 35.0 Å². The van der Waals surface area contributed by atoms with Crippen LogP contribution in [-0.4, -0.2) is 20.4 Å². The predicted molar refractivity (Wildman–Crippen MR) is 102 cm³/mol. The van der Waals surface area contributed by atoms with Gasteiger partial charge in [-0.1, -0.05) is 32.0 Å². The minimum Gasteiger partial charge on any atom is -0.324 e. The quantitative estimate of drug-likeness (QED) is 0.551. The van der Waals surface area contributed by atoms with Gasteiger partial charge in [-0.25, -0.2) is 4.98 Å². The average Bonchev–Trinajstić information content (AvgIpc) is 2.64. The van der Waals surface area contributed by atoms with Crippen LogP contribution in [0.15, 0.2) is 53.6 Å². The summed E-state index contributed by atoms with van der Waals surface area (Å²) in [6.07, 6.45) is 1.22. The molecule has 0 aliphatic carbocycles. The Morgan fingerprint density at radius 1 is 1.26 bits per heavy atom. The van der Waals surface area contributed by atoms with E-state index in [2.05, 4.69) is 10.3 Å². The fraction of sp³-hybridized carbons (Fsp3) is 0.211. The first-order valence-electron chi connectivity index (χ1n) is 8.39. The maximum atomic E-state index is 12.5. The second kappa shape index (κ2) is 7.36. The zero-order chi connectivity index (χ0) is 19.6. The fourth-order valence-corrected chi connectivity index (χ4v) is 2.83. The standard InChI is InChI=1S/C19H18N4O4/c1-12(2)14-5-3-4-6-16(14)21-18(24)10-22-11-20-17-9-13(23(26)27)7-8-15(17)19(22)25/h3-9,11-12H,10H2,1-2H3,(H,21,24). The van der Waals surface area contributed by atoms with E-state index in [0.717, 1.165) is 5.56 Å². The molecule has 0 atom stereocenters. The minimum atomic E-state index is -0.549. The van der Waals surface area contributed by atoms with Gasteiger partial charge in [0.2, 0.25) is 5.91 Å². The van der Waals surface area contributed by atoms with E-state index in [1.807, 2.05) is 38.1 Å². The summed E-state index contributed by atoms with van der Waals surface area (Å²) >= 11 is 0. The van der Waals surface area contributed by atoms with Crippen LogP contribution in [-0.2, 0) is 11.3 Å². The van der Waals surface area contributed by atoms with Crippen molar-refractivity contribution >= 4 is 28.2 Å². The Morgan fingerprint density at radius 3 is 2.70 bits per heavy atom. The zero-order valence-corrected chi connectivity index (χ0v) is 14.9. The SMILES string of the molecule is CC(C)c1ccccc1NC(=O)Cn1cnc2cc([N+](=O)[O-])ccc2c1=O. The Morgan fingerprint density at radius 2 is 2.00 bits per heavy atom. The lowest BCUT2D eigenvalue weighted by Gasteiger charge is -2.14. The molecule has 8 heteroatoms. The number of rotatable bonds is 5. The first kappa shape index (κ1) is 18.2. The van der Waals surface area contributed by atoms with E-state index < -0.39 is 10.5 Å². The van der Waals surface area contributed by atoms with Gasteiger partial charge in [-0.15, -0.1) is 0 Å². The number of aromatic nitrogens is 2. The number of hydrogen-bond donors (Lipinski definition) is 1. The summed E-state index contributed by atoms with van der Waals surface area (Å²) in [5.74, 6) is -0.115. The zero-order valence-electron chi connectivity index (χ0n) is 14.9. The van der Waals surface area contributed by atoms with Gasteiger partial charge in [0, 0.05) is 17.8 Å². The molecule has 0 aliphatic rings. The number of para-hydroxylation sites is 1. The molecule has 0 saturated heterocycles. The molecule has 0 aliphatic heterocycles. The third-order valence-corrected chi connectivity index (χ3v) is 4.19.